The standard InChI is InChI=1S/C16H26N2O3S/c1-13-7-6-8-14(2)18(13)12-15(19)11-17-22(20,21)16-9-4-3-5-10-16/h3-5,9-10,13-15,17,19H,6-8,11-12H2,1-2H3/t13-,14+,15?. The molecule has 3 atom stereocenters. The van der Waals surface area contributed by atoms with Crippen LogP contribution in [-0.2, 0) is 10.0 Å². The lowest BCUT2D eigenvalue weighted by atomic mass is 9.97. The molecule has 1 saturated heterocycles. The highest BCUT2D eigenvalue weighted by molar-refractivity contribution is 7.89. The van der Waals surface area contributed by atoms with Crippen molar-refractivity contribution in [2.75, 3.05) is 13.1 Å². The van der Waals surface area contributed by atoms with E-state index in [1.807, 2.05) is 0 Å². The average Bonchev–Trinajstić information content (AvgIpc) is 2.50. The SMILES string of the molecule is C[C@@H]1CCC[C@H](C)N1CC(O)CNS(=O)(=O)c1ccccc1. The van der Waals surface area contributed by atoms with Crippen LogP contribution < -0.4 is 4.72 Å². The number of hydrogen-bond acceptors (Lipinski definition) is 4. The van der Waals surface area contributed by atoms with Gasteiger partial charge in [0.1, 0.15) is 0 Å². The molecule has 0 bridgehead atoms. The fourth-order valence-corrected chi connectivity index (χ4v) is 4.13. The summed E-state index contributed by atoms with van der Waals surface area (Å²) in [6, 6.07) is 9.10. The van der Waals surface area contributed by atoms with Crippen LogP contribution in [0, 0.1) is 0 Å². The van der Waals surface area contributed by atoms with Crippen LogP contribution in [0.25, 0.3) is 0 Å². The number of piperidine rings is 1. The molecule has 1 aliphatic rings. The van der Waals surface area contributed by atoms with Crippen LogP contribution in [0.3, 0.4) is 0 Å². The molecule has 2 N–H and O–H groups in total. The van der Waals surface area contributed by atoms with E-state index in [0.717, 1.165) is 12.8 Å². The zero-order valence-corrected chi connectivity index (χ0v) is 14.1. The molecule has 0 aliphatic carbocycles. The molecule has 0 spiro atoms. The minimum Gasteiger partial charge on any atom is -0.390 e. The number of rotatable bonds is 6. The van der Waals surface area contributed by atoms with Crippen molar-refractivity contribution in [3.05, 3.63) is 30.3 Å². The predicted octanol–water partition coefficient (Wildman–Crippen LogP) is 1.59. The molecule has 1 fully saturated rings. The van der Waals surface area contributed by atoms with Gasteiger partial charge in [-0.25, -0.2) is 13.1 Å². The lowest BCUT2D eigenvalue weighted by Crippen LogP contribution is -2.49. The second kappa shape index (κ2) is 7.55. The Balaban J connectivity index is 1.88. The van der Waals surface area contributed by atoms with Crippen LogP contribution in [0.1, 0.15) is 33.1 Å². The fraction of sp³-hybridized carbons (Fsp3) is 0.625. The molecule has 124 valence electrons. The number of sulfonamides is 1. The zero-order chi connectivity index (χ0) is 16.2. The van der Waals surface area contributed by atoms with Gasteiger partial charge in [-0.15, -0.1) is 0 Å². The van der Waals surface area contributed by atoms with Gasteiger partial charge < -0.3 is 5.11 Å². The van der Waals surface area contributed by atoms with Gasteiger partial charge in [0, 0.05) is 25.2 Å². The second-order valence-corrected chi connectivity index (χ2v) is 7.91. The van der Waals surface area contributed by atoms with Crippen LogP contribution in [-0.4, -0.2) is 49.7 Å². The van der Waals surface area contributed by atoms with Crippen LogP contribution in [0.2, 0.25) is 0 Å². The maximum atomic E-state index is 12.1. The van der Waals surface area contributed by atoms with Crippen LogP contribution >= 0.6 is 0 Å². The molecule has 0 radical (unpaired) electrons. The van der Waals surface area contributed by atoms with Gasteiger partial charge in [0.15, 0.2) is 0 Å². The summed E-state index contributed by atoms with van der Waals surface area (Å²) in [5, 5.41) is 10.2. The first-order valence-corrected chi connectivity index (χ1v) is 9.37. The minimum atomic E-state index is -3.55. The van der Waals surface area contributed by atoms with Crippen LogP contribution in [0.5, 0.6) is 0 Å². The molecule has 0 aromatic heterocycles. The largest absolute Gasteiger partial charge is 0.390 e. The van der Waals surface area contributed by atoms with Gasteiger partial charge in [0.25, 0.3) is 0 Å². The molecular weight excluding hydrogens is 300 g/mol. The third kappa shape index (κ3) is 4.52. The van der Waals surface area contributed by atoms with E-state index in [4.69, 9.17) is 0 Å². The highest BCUT2D eigenvalue weighted by Gasteiger charge is 2.26. The van der Waals surface area contributed by atoms with E-state index in [1.54, 1.807) is 30.3 Å². The van der Waals surface area contributed by atoms with Gasteiger partial charge in [-0.2, -0.15) is 0 Å². The zero-order valence-electron chi connectivity index (χ0n) is 13.3. The number of aliphatic hydroxyl groups excluding tert-OH is 1. The van der Waals surface area contributed by atoms with Crippen LogP contribution in [0.4, 0.5) is 0 Å². The molecule has 2 rings (SSSR count). The van der Waals surface area contributed by atoms with Gasteiger partial charge in [-0.1, -0.05) is 24.6 Å². The maximum absolute atomic E-state index is 12.1. The number of benzene rings is 1. The van der Waals surface area contributed by atoms with E-state index in [2.05, 4.69) is 23.5 Å². The summed E-state index contributed by atoms with van der Waals surface area (Å²) in [6.07, 6.45) is 2.77. The summed E-state index contributed by atoms with van der Waals surface area (Å²) < 4.78 is 26.7. The fourth-order valence-electron chi connectivity index (χ4n) is 3.03. The molecule has 1 heterocycles. The first-order chi connectivity index (χ1) is 10.4. The smallest absolute Gasteiger partial charge is 0.240 e. The number of likely N-dealkylation sites (tertiary alicyclic amines) is 1. The maximum Gasteiger partial charge on any atom is 0.240 e. The van der Waals surface area contributed by atoms with Crippen LogP contribution in [0.15, 0.2) is 35.2 Å². The Bertz CT molecular complexity index is 552. The molecule has 1 unspecified atom stereocenters. The Kier molecular flexibility index (Phi) is 5.97. The molecule has 0 saturated carbocycles. The minimum absolute atomic E-state index is 0.0349. The van der Waals surface area contributed by atoms with Gasteiger partial charge in [0.2, 0.25) is 10.0 Å². The van der Waals surface area contributed by atoms with Crippen molar-refractivity contribution >= 4 is 10.0 Å². The van der Waals surface area contributed by atoms with Gasteiger partial charge in [-0.05, 0) is 38.8 Å². The number of nitrogens with zero attached hydrogens (tertiary/aromatic N) is 1. The quantitative estimate of drug-likeness (QED) is 0.833. The molecule has 1 aromatic carbocycles. The monoisotopic (exact) mass is 326 g/mol. The topological polar surface area (TPSA) is 69.6 Å². The molecule has 5 nitrogen and oxygen atoms in total. The molecule has 0 amide bonds. The van der Waals surface area contributed by atoms with E-state index in [-0.39, 0.29) is 11.4 Å². The van der Waals surface area contributed by atoms with Crippen molar-refractivity contribution in [2.24, 2.45) is 0 Å². The van der Waals surface area contributed by atoms with Gasteiger partial charge in [-0.3, -0.25) is 4.90 Å². The summed E-state index contributed by atoms with van der Waals surface area (Å²) in [6.45, 7) is 4.86. The summed E-state index contributed by atoms with van der Waals surface area (Å²) >= 11 is 0. The predicted molar refractivity (Wildman–Crippen MR) is 87.1 cm³/mol. The number of aliphatic hydroxyl groups is 1. The first-order valence-electron chi connectivity index (χ1n) is 7.88. The third-order valence-electron chi connectivity index (χ3n) is 4.36. The third-order valence-corrected chi connectivity index (χ3v) is 5.80. The van der Waals surface area contributed by atoms with Crippen molar-refractivity contribution in [3.8, 4) is 0 Å². The number of β-amino-alcohol motifs (C(OH)–C–C–N with tert-alkyl or cyclic N) is 1. The van der Waals surface area contributed by atoms with Crippen molar-refractivity contribution in [1.29, 1.82) is 0 Å². The average molecular weight is 326 g/mol. The lowest BCUT2D eigenvalue weighted by Gasteiger charge is -2.40. The van der Waals surface area contributed by atoms with E-state index in [0.29, 0.717) is 18.6 Å². The Morgan fingerprint density at radius 1 is 1.23 bits per heavy atom. The summed E-state index contributed by atoms with van der Waals surface area (Å²) in [7, 11) is -3.55. The van der Waals surface area contributed by atoms with Gasteiger partial charge >= 0.3 is 0 Å². The van der Waals surface area contributed by atoms with Crippen molar-refractivity contribution in [1.82, 2.24) is 9.62 Å². The Morgan fingerprint density at radius 2 is 1.82 bits per heavy atom. The Morgan fingerprint density at radius 3 is 2.41 bits per heavy atom. The second-order valence-electron chi connectivity index (χ2n) is 6.14. The summed E-state index contributed by atoms with van der Waals surface area (Å²) in [5.41, 5.74) is 0. The normalized spacial score (nSPS) is 25.0. The summed E-state index contributed by atoms with van der Waals surface area (Å²) in [5.74, 6) is 0. The first kappa shape index (κ1) is 17.4. The van der Waals surface area contributed by atoms with E-state index >= 15 is 0 Å². The molecule has 1 aromatic rings. The highest BCUT2D eigenvalue weighted by Crippen LogP contribution is 2.22. The van der Waals surface area contributed by atoms with Crippen molar-refractivity contribution in [2.45, 2.75) is 56.2 Å². The van der Waals surface area contributed by atoms with Crippen molar-refractivity contribution < 1.29 is 13.5 Å². The van der Waals surface area contributed by atoms with Crippen molar-refractivity contribution in [3.63, 3.8) is 0 Å². The van der Waals surface area contributed by atoms with E-state index in [9.17, 15) is 13.5 Å². The van der Waals surface area contributed by atoms with E-state index < -0.39 is 16.1 Å². The molecular formula is C16H26N2O3S. The molecule has 22 heavy (non-hydrogen) atoms. The summed E-state index contributed by atoms with van der Waals surface area (Å²) in [4.78, 5) is 2.49. The Hall–Kier alpha value is -0.950. The Labute approximate surface area is 133 Å². The van der Waals surface area contributed by atoms with E-state index in [1.165, 1.54) is 6.42 Å². The highest BCUT2D eigenvalue weighted by atomic mass is 32.2. The van der Waals surface area contributed by atoms with Gasteiger partial charge in [0.05, 0.1) is 11.0 Å². The number of nitrogens with one attached hydrogen (secondary N) is 1. The molecule has 1 aliphatic heterocycles. The molecule has 6 heteroatoms. The lowest BCUT2D eigenvalue weighted by molar-refractivity contribution is 0.0438. The number of hydrogen-bond donors (Lipinski definition) is 2.